The van der Waals surface area contributed by atoms with Crippen LogP contribution in [-0.2, 0) is 5.54 Å². The summed E-state index contributed by atoms with van der Waals surface area (Å²) in [6.07, 6.45) is 1.25. The summed E-state index contributed by atoms with van der Waals surface area (Å²) in [5.41, 5.74) is 4.40. The number of hydrogen-bond acceptors (Lipinski definition) is 6. The second-order valence-electron chi connectivity index (χ2n) is 10.7. The monoisotopic (exact) mass is 572 g/mol. The molecule has 0 aliphatic carbocycles. The van der Waals surface area contributed by atoms with Gasteiger partial charge in [-0.05, 0) is 45.9 Å². The molecule has 1 spiro atoms. The number of hydrogen-bond donors (Lipinski definition) is 0. The molecule has 0 fully saturated rings. The summed E-state index contributed by atoms with van der Waals surface area (Å²) in [6, 6.07) is 28.9. The lowest BCUT2D eigenvalue weighted by atomic mass is 9.75. The molecular formula is C36H36N4O3. The van der Waals surface area contributed by atoms with Gasteiger partial charge in [-0.25, -0.2) is 5.01 Å². The first-order valence-corrected chi connectivity index (χ1v) is 15.0. The predicted molar refractivity (Wildman–Crippen MR) is 172 cm³/mol. The van der Waals surface area contributed by atoms with Gasteiger partial charge < -0.3 is 14.5 Å². The number of carbonyl (C=O) groups excluding carboxylic acids is 2. The number of hydrazone groups is 1. The fraction of sp³-hybridized carbons (Fsp3) is 0.250. The van der Waals surface area contributed by atoms with E-state index in [0.29, 0.717) is 22.6 Å². The average Bonchev–Trinajstić information content (AvgIpc) is 3.29. The van der Waals surface area contributed by atoms with Gasteiger partial charge in [-0.1, -0.05) is 60.7 Å². The van der Waals surface area contributed by atoms with E-state index >= 15 is 0 Å². The Bertz CT molecular complexity index is 1650. The molecule has 4 aromatic carbocycles. The Morgan fingerprint density at radius 1 is 0.744 bits per heavy atom. The van der Waals surface area contributed by atoms with Gasteiger partial charge in [-0.15, -0.1) is 0 Å². The van der Waals surface area contributed by atoms with Crippen LogP contribution in [0, 0.1) is 0 Å². The molecule has 0 bridgehead atoms. The summed E-state index contributed by atoms with van der Waals surface area (Å²) in [5.74, 6) is 0.772. The highest BCUT2D eigenvalue weighted by Gasteiger charge is 2.57. The topological polar surface area (TPSA) is 65.5 Å². The molecule has 2 heterocycles. The number of ether oxygens (including phenoxy) is 1. The first kappa shape index (κ1) is 28.2. The van der Waals surface area contributed by atoms with Crippen molar-refractivity contribution in [3.8, 4) is 11.5 Å². The highest BCUT2D eigenvalue weighted by molar-refractivity contribution is 6.35. The van der Waals surface area contributed by atoms with Crippen LogP contribution in [0.3, 0.4) is 0 Å². The molecule has 7 heteroatoms. The predicted octanol–water partition coefficient (Wildman–Crippen LogP) is 7.10. The molecule has 7 nitrogen and oxygen atoms in total. The molecule has 0 radical (unpaired) electrons. The minimum atomic E-state index is -1.13. The van der Waals surface area contributed by atoms with Crippen molar-refractivity contribution in [2.75, 3.05) is 36.0 Å². The summed E-state index contributed by atoms with van der Waals surface area (Å²) in [5, 5.41) is 6.16. The molecule has 0 aromatic heterocycles. The zero-order valence-electron chi connectivity index (χ0n) is 25.1. The number of ketones is 1. The van der Waals surface area contributed by atoms with Gasteiger partial charge in [0.25, 0.3) is 5.91 Å². The summed E-state index contributed by atoms with van der Waals surface area (Å²) < 4.78 is 6.71. The molecule has 0 N–H and O–H groups in total. The van der Waals surface area contributed by atoms with Crippen molar-refractivity contribution < 1.29 is 14.3 Å². The van der Waals surface area contributed by atoms with Crippen LogP contribution in [0.1, 0.15) is 65.1 Å². The minimum Gasteiger partial charge on any atom is -0.456 e. The van der Waals surface area contributed by atoms with Gasteiger partial charge in [0, 0.05) is 77.5 Å². The van der Waals surface area contributed by atoms with E-state index in [4.69, 9.17) is 4.74 Å². The second kappa shape index (κ2) is 11.4. The van der Waals surface area contributed by atoms with Crippen LogP contribution in [0.25, 0.3) is 0 Å². The number of nitrogens with zero attached hydrogens (tertiary/aromatic N) is 4. The van der Waals surface area contributed by atoms with E-state index in [0.717, 1.165) is 54.2 Å². The quantitative estimate of drug-likeness (QED) is 0.158. The summed E-state index contributed by atoms with van der Waals surface area (Å²) in [7, 11) is 0. The Morgan fingerprint density at radius 2 is 1.28 bits per heavy atom. The Labute approximate surface area is 253 Å². The van der Waals surface area contributed by atoms with Crippen molar-refractivity contribution in [1.82, 2.24) is 5.01 Å². The van der Waals surface area contributed by atoms with Gasteiger partial charge in [0.05, 0.1) is 6.21 Å². The maximum atomic E-state index is 14.2. The average molecular weight is 573 g/mol. The SMILES string of the molecule is CCN(CC)c1ccc2c(c1)Oc1cc(N(CC)CC)ccc1C21c2ccccc2C(=O)N1/N=C\C(=O)c1ccccc1. The summed E-state index contributed by atoms with van der Waals surface area (Å²) in [6.45, 7) is 11.9. The number of rotatable bonds is 9. The first-order valence-electron chi connectivity index (χ1n) is 15.0. The largest absolute Gasteiger partial charge is 0.456 e. The Hall–Kier alpha value is -4.91. The van der Waals surface area contributed by atoms with Gasteiger partial charge in [0.1, 0.15) is 17.0 Å². The van der Waals surface area contributed by atoms with Crippen molar-refractivity contribution in [1.29, 1.82) is 0 Å². The van der Waals surface area contributed by atoms with Gasteiger partial charge in [0.15, 0.2) is 0 Å². The minimum absolute atomic E-state index is 0.271. The van der Waals surface area contributed by atoms with Gasteiger partial charge in [-0.3, -0.25) is 9.59 Å². The highest BCUT2D eigenvalue weighted by atomic mass is 16.5. The van der Waals surface area contributed by atoms with E-state index in [1.54, 1.807) is 12.1 Å². The Kier molecular flexibility index (Phi) is 7.48. The fourth-order valence-electron chi connectivity index (χ4n) is 6.43. The van der Waals surface area contributed by atoms with E-state index in [9.17, 15) is 9.59 Å². The van der Waals surface area contributed by atoms with Crippen LogP contribution in [0.4, 0.5) is 11.4 Å². The molecule has 0 atom stereocenters. The molecule has 6 rings (SSSR count). The van der Waals surface area contributed by atoms with E-state index in [1.807, 2.05) is 54.6 Å². The molecule has 218 valence electrons. The highest BCUT2D eigenvalue weighted by Crippen LogP contribution is 2.58. The van der Waals surface area contributed by atoms with Crippen LogP contribution in [0.15, 0.2) is 96.1 Å². The van der Waals surface area contributed by atoms with Crippen LogP contribution in [-0.4, -0.2) is 49.1 Å². The number of Topliss-reactive ketones (excluding diaryl/α,β-unsaturated/α-hetero) is 1. The van der Waals surface area contributed by atoms with Gasteiger partial charge >= 0.3 is 0 Å². The fourth-order valence-corrected chi connectivity index (χ4v) is 6.43. The number of carbonyl (C=O) groups is 2. The third-order valence-electron chi connectivity index (χ3n) is 8.59. The molecule has 4 aromatic rings. The van der Waals surface area contributed by atoms with Crippen LogP contribution >= 0.6 is 0 Å². The second-order valence-corrected chi connectivity index (χ2v) is 10.7. The normalized spacial score (nSPS) is 14.3. The summed E-state index contributed by atoms with van der Waals surface area (Å²) in [4.78, 5) is 31.9. The maximum Gasteiger partial charge on any atom is 0.275 e. The van der Waals surface area contributed by atoms with E-state index in [2.05, 4.69) is 66.9 Å². The smallest absolute Gasteiger partial charge is 0.275 e. The third-order valence-corrected chi connectivity index (χ3v) is 8.59. The number of benzene rings is 4. The third kappa shape index (κ3) is 4.47. The number of fused-ring (bicyclic) bond motifs is 6. The van der Waals surface area contributed by atoms with Gasteiger partial charge in [0.2, 0.25) is 5.78 Å². The zero-order chi connectivity index (χ0) is 30.1. The zero-order valence-corrected chi connectivity index (χ0v) is 25.1. The van der Waals surface area contributed by atoms with Crippen LogP contribution in [0.2, 0.25) is 0 Å². The van der Waals surface area contributed by atoms with Crippen molar-refractivity contribution in [3.63, 3.8) is 0 Å². The lowest BCUT2D eigenvalue weighted by Crippen LogP contribution is -2.44. The Balaban J connectivity index is 1.62. The van der Waals surface area contributed by atoms with E-state index < -0.39 is 5.54 Å². The molecule has 1 amide bonds. The first-order chi connectivity index (χ1) is 21.0. The molecule has 0 saturated heterocycles. The van der Waals surface area contributed by atoms with Gasteiger partial charge in [-0.2, -0.15) is 5.10 Å². The molecule has 43 heavy (non-hydrogen) atoms. The maximum absolute atomic E-state index is 14.2. The van der Waals surface area contributed by atoms with E-state index in [1.165, 1.54) is 11.2 Å². The number of anilines is 2. The lowest BCUT2D eigenvalue weighted by molar-refractivity contribution is 0.0674. The molecule has 0 unspecified atom stereocenters. The Morgan fingerprint density at radius 3 is 1.84 bits per heavy atom. The van der Waals surface area contributed by atoms with E-state index in [-0.39, 0.29) is 11.7 Å². The van der Waals surface area contributed by atoms with Crippen LogP contribution < -0.4 is 14.5 Å². The summed E-state index contributed by atoms with van der Waals surface area (Å²) >= 11 is 0. The van der Waals surface area contributed by atoms with Crippen molar-refractivity contribution >= 4 is 29.3 Å². The van der Waals surface area contributed by atoms with Crippen molar-refractivity contribution in [2.45, 2.75) is 33.2 Å². The molecule has 0 saturated carbocycles. The van der Waals surface area contributed by atoms with Crippen molar-refractivity contribution in [2.24, 2.45) is 5.10 Å². The standard InChI is InChI=1S/C36H36N4O3/c1-5-38(6-2)26-18-20-30-33(22-26)43-34-23-27(39(7-3)8-4)19-21-31(34)36(30)29-17-13-12-16-28(29)35(42)40(36)37-24-32(41)25-14-10-9-11-15-25/h9-24H,5-8H2,1-4H3/b37-24-. The molecule has 2 aliphatic rings. The van der Waals surface area contributed by atoms with Crippen LogP contribution in [0.5, 0.6) is 11.5 Å². The molecule has 2 aliphatic heterocycles. The van der Waals surface area contributed by atoms with Crippen molar-refractivity contribution in [3.05, 3.63) is 119 Å². The molecular weight excluding hydrogens is 536 g/mol. The number of amides is 1. The lowest BCUT2D eigenvalue weighted by Gasteiger charge is -2.42.